The number of hydrogen-bond acceptors (Lipinski definition) is 5. The summed E-state index contributed by atoms with van der Waals surface area (Å²) in [5.41, 5.74) is 10.3. The molecule has 0 aliphatic heterocycles. The number of nitrogens with zero attached hydrogens (tertiary/aromatic N) is 3. The minimum Gasteiger partial charge on any atom is -0.354 e. The van der Waals surface area contributed by atoms with E-state index in [1.54, 1.807) is 24.0 Å². The molecule has 35 heavy (non-hydrogen) atoms. The van der Waals surface area contributed by atoms with E-state index in [1.807, 2.05) is 72.8 Å². The van der Waals surface area contributed by atoms with Crippen molar-refractivity contribution < 1.29 is 0 Å². The molecule has 3 N–H and O–H groups in total. The molecule has 0 saturated carbocycles. The van der Waals surface area contributed by atoms with Crippen molar-refractivity contribution in [2.75, 3.05) is 11.9 Å². The van der Waals surface area contributed by atoms with Gasteiger partial charge in [-0.1, -0.05) is 72.8 Å². The lowest BCUT2D eigenvalue weighted by atomic mass is 9.96. The normalized spacial score (nSPS) is 11.9. The second-order valence-corrected chi connectivity index (χ2v) is 8.62. The van der Waals surface area contributed by atoms with Crippen LogP contribution in [0.25, 0.3) is 33.2 Å². The first-order valence-corrected chi connectivity index (χ1v) is 11.6. The summed E-state index contributed by atoms with van der Waals surface area (Å²) in [6.45, 7) is 0.485. The van der Waals surface area contributed by atoms with Crippen LogP contribution < -0.4 is 16.6 Å². The van der Waals surface area contributed by atoms with E-state index in [0.29, 0.717) is 23.8 Å². The van der Waals surface area contributed by atoms with E-state index < -0.39 is 0 Å². The molecule has 174 valence electrons. The molecule has 0 spiro atoms. The largest absolute Gasteiger partial charge is 0.354 e. The first-order valence-electron chi connectivity index (χ1n) is 11.6. The summed E-state index contributed by atoms with van der Waals surface area (Å²) in [6.07, 6.45) is 4.15. The molecule has 0 saturated heterocycles. The van der Waals surface area contributed by atoms with E-state index in [0.717, 1.165) is 28.3 Å². The van der Waals surface area contributed by atoms with Gasteiger partial charge in [0.1, 0.15) is 0 Å². The third-order valence-electron chi connectivity index (χ3n) is 6.17. The Morgan fingerprint density at radius 2 is 1.63 bits per heavy atom. The zero-order valence-electron chi connectivity index (χ0n) is 19.6. The maximum absolute atomic E-state index is 13.8. The molecule has 6 nitrogen and oxygen atoms in total. The van der Waals surface area contributed by atoms with Crippen molar-refractivity contribution in [2.45, 2.75) is 12.5 Å². The van der Waals surface area contributed by atoms with Crippen LogP contribution in [0, 0.1) is 0 Å². The maximum atomic E-state index is 13.8. The predicted molar refractivity (Wildman–Crippen MR) is 142 cm³/mol. The Kier molecular flexibility index (Phi) is 6.37. The van der Waals surface area contributed by atoms with Crippen molar-refractivity contribution in [1.29, 1.82) is 0 Å². The topological polar surface area (TPSA) is 85.8 Å². The van der Waals surface area contributed by atoms with Crippen LogP contribution in [0.15, 0.2) is 102 Å². The molecule has 2 heterocycles. The molecule has 2 aromatic heterocycles. The second-order valence-electron chi connectivity index (χ2n) is 8.62. The lowest BCUT2D eigenvalue weighted by molar-refractivity contribution is 0.688. The lowest BCUT2D eigenvalue weighted by Crippen LogP contribution is -2.34. The molecular weight excluding hydrogens is 434 g/mol. The minimum absolute atomic E-state index is 0.123. The second kappa shape index (κ2) is 9.91. The molecular formula is C29H27N5O. The number of fused-ring (bicyclic) bond motifs is 1. The van der Waals surface area contributed by atoms with Gasteiger partial charge in [0.15, 0.2) is 0 Å². The zero-order chi connectivity index (χ0) is 24.2. The molecule has 0 aliphatic rings. The number of aromatic nitrogens is 3. The third kappa shape index (κ3) is 4.69. The van der Waals surface area contributed by atoms with E-state index in [4.69, 9.17) is 10.7 Å². The Bertz CT molecular complexity index is 1510. The van der Waals surface area contributed by atoms with Crippen LogP contribution in [0.4, 0.5) is 5.95 Å². The highest BCUT2D eigenvalue weighted by atomic mass is 16.1. The highest BCUT2D eigenvalue weighted by Crippen LogP contribution is 2.33. The highest BCUT2D eigenvalue weighted by molar-refractivity contribution is 5.99. The number of benzene rings is 3. The van der Waals surface area contributed by atoms with Gasteiger partial charge in [0.2, 0.25) is 5.95 Å². The van der Waals surface area contributed by atoms with Gasteiger partial charge < -0.3 is 11.1 Å². The molecule has 0 bridgehead atoms. The Morgan fingerprint density at radius 3 is 2.43 bits per heavy atom. The molecule has 0 aliphatic carbocycles. The van der Waals surface area contributed by atoms with Gasteiger partial charge in [-0.25, -0.2) is 4.98 Å². The van der Waals surface area contributed by atoms with E-state index in [9.17, 15) is 4.79 Å². The van der Waals surface area contributed by atoms with Crippen LogP contribution in [0.3, 0.4) is 0 Å². The molecule has 0 radical (unpaired) electrons. The van der Waals surface area contributed by atoms with Crippen molar-refractivity contribution in [3.63, 3.8) is 0 Å². The summed E-state index contributed by atoms with van der Waals surface area (Å²) < 4.78 is 1.57. The monoisotopic (exact) mass is 461 g/mol. The van der Waals surface area contributed by atoms with Gasteiger partial charge in [0.25, 0.3) is 5.56 Å². The van der Waals surface area contributed by atoms with Gasteiger partial charge in [0, 0.05) is 37.6 Å². The van der Waals surface area contributed by atoms with E-state index in [-0.39, 0.29) is 11.6 Å². The number of hydrogen-bond donors (Lipinski definition) is 2. The zero-order valence-corrected chi connectivity index (χ0v) is 19.6. The van der Waals surface area contributed by atoms with Gasteiger partial charge in [-0.05, 0) is 40.5 Å². The fourth-order valence-electron chi connectivity index (χ4n) is 4.38. The minimum atomic E-state index is -0.128. The smallest absolute Gasteiger partial charge is 0.263 e. The standard InChI is InChI=1S/C29H27N5O/c1-34-28(35)26(25-13-7-11-21-10-5-6-12-24(21)25)27(22-14-16-31-17-15-22)33-29(34)32-19-23(30)18-20-8-3-2-4-9-20/h2-17,23H,18-19,30H2,1H3,(H,32,33)/t23-/m1/s1. The summed E-state index contributed by atoms with van der Waals surface area (Å²) in [5.74, 6) is 0.481. The predicted octanol–water partition coefficient (Wildman–Crippen LogP) is 4.64. The molecule has 6 heteroatoms. The van der Waals surface area contributed by atoms with Gasteiger partial charge in [-0.15, -0.1) is 0 Å². The Balaban J connectivity index is 1.57. The molecule has 3 aromatic carbocycles. The average Bonchev–Trinajstić information content (AvgIpc) is 2.90. The SMILES string of the molecule is Cn1c(NC[C@H](N)Cc2ccccc2)nc(-c2ccncc2)c(-c2cccc3ccccc23)c1=O. The summed E-state index contributed by atoms with van der Waals surface area (Å²) >= 11 is 0. The fraction of sp³-hybridized carbons (Fsp3) is 0.138. The van der Waals surface area contributed by atoms with Gasteiger partial charge in [-0.3, -0.25) is 14.3 Å². The Labute approximate surface area is 204 Å². The molecule has 5 aromatic rings. The summed E-state index contributed by atoms with van der Waals surface area (Å²) in [5, 5.41) is 5.39. The molecule has 0 fully saturated rings. The first-order chi connectivity index (χ1) is 17.1. The third-order valence-corrected chi connectivity index (χ3v) is 6.17. The van der Waals surface area contributed by atoms with E-state index >= 15 is 0 Å². The lowest BCUT2D eigenvalue weighted by Gasteiger charge is -2.18. The van der Waals surface area contributed by atoms with Crippen LogP contribution in [0.5, 0.6) is 0 Å². The molecule has 1 atom stereocenters. The first kappa shape index (κ1) is 22.5. The fourth-order valence-corrected chi connectivity index (χ4v) is 4.38. The van der Waals surface area contributed by atoms with Crippen LogP contribution in [-0.4, -0.2) is 27.1 Å². The average molecular weight is 462 g/mol. The summed E-state index contributed by atoms with van der Waals surface area (Å²) in [7, 11) is 1.74. The Morgan fingerprint density at radius 1 is 0.914 bits per heavy atom. The van der Waals surface area contributed by atoms with Crippen LogP contribution >= 0.6 is 0 Å². The van der Waals surface area contributed by atoms with Crippen LogP contribution in [0.2, 0.25) is 0 Å². The van der Waals surface area contributed by atoms with Crippen molar-refractivity contribution >= 4 is 16.7 Å². The molecule has 0 amide bonds. The van der Waals surface area contributed by atoms with Crippen LogP contribution in [0.1, 0.15) is 5.56 Å². The van der Waals surface area contributed by atoms with Crippen LogP contribution in [-0.2, 0) is 13.5 Å². The number of nitrogens with one attached hydrogen (secondary N) is 1. The van der Waals surface area contributed by atoms with Crippen molar-refractivity contribution in [3.8, 4) is 22.4 Å². The van der Waals surface area contributed by atoms with Gasteiger partial charge in [-0.2, -0.15) is 0 Å². The summed E-state index contributed by atoms with van der Waals surface area (Å²) in [6, 6.07) is 27.8. The number of nitrogens with two attached hydrogens (primary N) is 1. The van der Waals surface area contributed by atoms with Crippen molar-refractivity contribution in [1.82, 2.24) is 14.5 Å². The van der Waals surface area contributed by atoms with Crippen molar-refractivity contribution in [2.24, 2.45) is 12.8 Å². The number of anilines is 1. The summed E-state index contributed by atoms with van der Waals surface area (Å²) in [4.78, 5) is 22.9. The van der Waals surface area contributed by atoms with E-state index in [2.05, 4.69) is 22.4 Å². The maximum Gasteiger partial charge on any atom is 0.263 e. The molecule has 0 unspecified atom stereocenters. The Hall–Kier alpha value is -4.29. The van der Waals surface area contributed by atoms with Gasteiger partial charge in [0.05, 0.1) is 11.3 Å². The van der Waals surface area contributed by atoms with E-state index in [1.165, 1.54) is 5.56 Å². The highest BCUT2D eigenvalue weighted by Gasteiger charge is 2.20. The number of pyridine rings is 1. The molecule has 5 rings (SSSR count). The quantitative estimate of drug-likeness (QED) is 0.369. The van der Waals surface area contributed by atoms with Gasteiger partial charge >= 0.3 is 0 Å². The number of rotatable bonds is 7. The van der Waals surface area contributed by atoms with Crippen molar-refractivity contribution in [3.05, 3.63) is 113 Å².